The Morgan fingerprint density at radius 3 is 3.06 bits per heavy atom. The van der Waals surface area contributed by atoms with E-state index in [1.54, 1.807) is 12.3 Å². The van der Waals surface area contributed by atoms with Crippen LogP contribution in [0.15, 0.2) is 35.1 Å². The minimum absolute atomic E-state index is 0.280. The Kier molecular flexibility index (Phi) is 4.36. The van der Waals surface area contributed by atoms with Crippen LogP contribution in [0.25, 0.3) is 0 Å². The predicted molar refractivity (Wildman–Crippen MR) is 71.0 cm³/mol. The van der Waals surface area contributed by atoms with Gasteiger partial charge >= 0.3 is 0 Å². The van der Waals surface area contributed by atoms with E-state index < -0.39 is 0 Å². The summed E-state index contributed by atoms with van der Waals surface area (Å²) in [4.78, 5) is 0. The first-order valence-corrected chi connectivity index (χ1v) is 6.58. The van der Waals surface area contributed by atoms with E-state index in [-0.39, 0.29) is 5.82 Å². The topological polar surface area (TPSA) is 27.1 Å². The standard InChI is InChI=1S/C13H14BrFN2O/c1-2-6-17-8-11(7-16-17)18-9-10-4-3-5-12(15)13(10)14/h3-5,7-8H,2,6,9H2,1H3. The first-order valence-electron chi connectivity index (χ1n) is 5.79. The van der Waals surface area contributed by atoms with E-state index in [2.05, 4.69) is 28.0 Å². The highest BCUT2D eigenvalue weighted by molar-refractivity contribution is 9.10. The van der Waals surface area contributed by atoms with Crippen molar-refractivity contribution in [2.24, 2.45) is 0 Å². The van der Waals surface area contributed by atoms with Gasteiger partial charge in [-0.1, -0.05) is 19.1 Å². The Labute approximate surface area is 114 Å². The van der Waals surface area contributed by atoms with Crippen molar-refractivity contribution in [3.63, 3.8) is 0 Å². The number of aromatic nitrogens is 2. The lowest BCUT2D eigenvalue weighted by Gasteiger charge is -2.06. The highest BCUT2D eigenvalue weighted by Gasteiger charge is 2.06. The second-order valence-corrected chi connectivity index (χ2v) is 4.73. The third-order valence-corrected chi connectivity index (χ3v) is 3.38. The zero-order chi connectivity index (χ0) is 13.0. The van der Waals surface area contributed by atoms with Crippen LogP contribution in [0, 0.1) is 5.82 Å². The van der Waals surface area contributed by atoms with Crippen molar-refractivity contribution in [3.8, 4) is 5.75 Å². The van der Waals surface area contributed by atoms with Crippen LogP contribution in [0.3, 0.4) is 0 Å². The molecule has 0 saturated carbocycles. The van der Waals surface area contributed by atoms with Crippen molar-refractivity contribution in [1.29, 1.82) is 0 Å². The molecule has 0 bridgehead atoms. The molecule has 0 aliphatic rings. The minimum Gasteiger partial charge on any atom is -0.486 e. The summed E-state index contributed by atoms with van der Waals surface area (Å²) in [5.41, 5.74) is 0.776. The van der Waals surface area contributed by atoms with Gasteiger partial charge in [0.25, 0.3) is 0 Å². The largest absolute Gasteiger partial charge is 0.486 e. The van der Waals surface area contributed by atoms with E-state index in [4.69, 9.17) is 4.74 Å². The van der Waals surface area contributed by atoms with Crippen molar-refractivity contribution >= 4 is 15.9 Å². The number of benzene rings is 1. The summed E-state index contributed by atoms with van der Waals surface area (Å²) in [6.45, 7) is 3.27. The van der Waals surface area contributed by atoms with Crippen LogP contribution < -0.4 is 4.74 Å². The Morgan fingerprint density at radius 2 is 2.28 bits per heavy atom. The van der Waals surface area contributed by atoms with Crippen molar-refractivity contribution in [3.05, 3.63) is 46.4 Å². The summed E-state index contributed by atoms with van der Waals surface area (Å²) in [6, 6.07) is 4.90. The van der Waals surface area contributed by atoms with E-state index in [1.807, 2.05) is 16.9 Å². The smallest absolute Gasteiger partial charge is 0.157 e. The van der Waals surface area contributed by atoms with Crippen LogP contribution in [0.1, 0.15) is 18.9 Å². The number of nitrogens with zero attached hydrogens (tertiary/aromatic N) is 2. The molecule has 0 amide bonds. The third kappa shape index (κ3) is 3.10. The zero-order valence-electron chi connectivity index (χ0n) is 10.1. The third-order valence-electron chi connectivity index (χ3n) is 2.49. The predicted octanol–water partition coefficient (Wildman–Crippen LogP) is 3.77. The number of halogens is 2. The Morgan fingerprint density at radius 1 is 1.44 bits per heavy atom. The van der Waals surface area contributed by atoms with E-state index in [0.29, 0.717) is 16.8 Å². The second kappa shape index (κ2) is 6.00. The van der Waals surface area contributed by atoms with Crippen LogP contribution in [0.2, 0.25) is 0 Å². The van der Waals surface area contributed by atoms with Gasteiger partial charge in [-0.05, 0) is 28.4 Å². The summed E-state index contributed by atoms with van der Waals surface area (Å²) < 4.78 is 21.1. The first-order chi connectivity index (χ1) is 8.70. The van der Waals surface area contributed by atoms with Crippen molar-refractivity contribution in [2.45, 2.75) is 26.5 Å². The molecule has 1 aromatic heterocycles. The number of ether oxygens (including phenoxy) is 1. The van der Waals surface area contributed by atoms with Gasteiger partial charge in [-0.25, -0.2) is 4.39 Å². The van der Waals surface area contributed by atoms with Gasteiger partial charge in [0.15, 0.2) is 5.75 Å². The number of aryl methyl sites for hydroxylation is 1. The van der Waals surface area contributed by atoms with Gasteiger partial charge in [-0.3, -0.25) is 4.68 Å². The van der Waals surface area contributed by atoms with E-state index >= 15 is 0 Å². The van der Waals surface area contributed by atoms with E-state index in [1.165, 1.54) is 6.07 Å². The van der Waals surface area contributed by atoms with Crippen LogP contribution >= 0.6 is 15.9 Å². The van der Waals surface area contributed by atoms with Gasteiger partial charge < -0.3 is 4.74 Å². The fourth-order valence-electron chi connectivity index (χ4n) is 1.59. The summed E-state index contributed by atoms with van der Waals surface area (Å²) in [6.07, 6.45) is 4.54. The average Bonchev–Trinajstić information content (AvgIpc) is 2.79. The molecule has 1 heterocycles. The summed E-state index contributed by atoms with van der Waals surface area (Å²) in [5, 5.41) is 4.16. The van der Waals surface area contributed by atoms with Crippen molar-refractivity contribution < 1.29 is 9.13 Å². The lowest BCUT2D eigenvalue weighted by molar-refractivity contribution is 0.304. The van der Waals surface area contributed by atoms with Gasteiger partial charge in [0.1, 0.15) is 12.4 Å². The monoisotopic (exact) mass is 312 g/mol. The summed E-state index contributed by atoms with van der Waals surface area (Å²) in [5.74, 6) is 0.414. The Balaban J connectivity index is 2.00. The molecule has 0 aliphatic heterocycles. The van der Waals surface area contributed by atoms with Gasteiger partial charge in [-0.15, -0.1) is 0 Å². The SMILES string of the molecule is CCCn1cc(OCc2cccc(F)c2Br)cn1. The number of hydrogen-bond donors (Lipinski definition) is 0. The zero-order valence-corrected chi connectivity index (χ0v) is 11.7. The highest BCUT2D eigenvalue weighted by Crippen LogP contribution is 2.22. The van der Waals surface area contributed by atoms with Crippen molar-refractivity contribution in [2.75, 3.05) is 0 Å². The lowest BCUT2D eigenvalue weighted by Crippen LogP contribution is -1.98. The first kappa shape index (κ1) is 13.1. The van der Waals surface area contributed by atoms with Crippen molar-refractivity contribution in [1.82, 2.24) is 9.78 Å². The average molecular weight is 313 g/mol. The molecule has 0 aliphatic carbocycles. The van der Waals surface area contributed by atoms with Crippen LogP contribution in [-0.2, 0) is 13.2 Å². The molecule has 2 aromatic rings. The Hall–Kier alpha value is -1.36. The lowest BCUT2D eigenvalue weighted by atomic mass is 10.2. The van der Waals surface area contributed by atoms with Gasteiger partial charge in [0, 0.05) is 12.1 Å². The fraction of sp³-hybridized carbons (Fsp3) is 0.308. The second-order valence-electron chi connectivity index (χ2n) is 3.94. The van der Waals surface area contributed by atoms with Gasteiger partial charge in [0.2, 0.25) is 0 Å². The van der Waals surface area contributed by atoms with E-state index in [0.717, 1.165) is 18.5 Å². The van der Waals surface area contributed by atoms with Crippen LogP contribution in [0.4, 0.5) is 4.39 Å². The molecular formula is C13H14BrFN2O. The molecule has 18 heavy (non-hydrogen) atoms. The maximum Gasteiger partial charge on any atom is 0.157 e. The summed E-state index contributed by atoms with van der Waals surface area (Å²) in [7, 11) is 0. The molecule has 0 spiro atoms. The summed E-state index contributed by atoms with van der Waals surface area (Å²) >= 11 is 3.21. The Bertz CT molecular complexity index is 527. The molecular weight excluding hydrogens is 299 g/mol. The maximum absolute atomic E-state index is 13.3. The minimum atomic E-state index is -0.280. The fourth-order valence-corrected chi connectivity index (χ4v) is 1.97. The van der Waals surface area contributed by atoms with Crippen LogP contribution in [0.5, 0.6) is 5.75 Å². The maximum atomic E-state index is 13.3. The quantitative estimate of drug-likeness (QED) is 0.840. The molecule has 0 N–H and O–H groups in total. The molecule has 1 aromatic carbocycles. The molecule has 96 valence electrons. The number of hydrogen-bond acceptors (Lipinski definition) is 2. The molecule has 0 atom stereocenters. The molecule has 0 saturated heterocycles. The molecule has 3 nitrogen and oxygen atoms in total. The normalized spacial score (nSPS) is 10.6. The van der Waals surface area contributed by atoms with Crippen LogP contribution in [-0.4, -0.2) is 9.78 Å². The number of rotatable bonds is 5. The van der Waals surface area contributed by atoms with E-state index in [9.17, 15) is 4.39 Å². The molecule has 2 rings (SSSR count). The molecule has 0 fully saturated rings. The van der Waals surface area contributed by atoms with Gasteiger partial charge in [-0.2, -0.15) is 5.10 Å². The highest BCUT2D eigenvalue weighted by atomic mass is 79.9. The molecule has 5 heteroatoms. The molecule has 0 unspecified atom stereocenters. The van der Waals surface area contributed by atoms with Gasteiger partial charge in [0.05, 0.1) is 16.9 Å². The molecule has 0 radical (unpaired) electrons.